The number of pyridine rings is 1. The predicted octanol–water partition coefficient (Wildman–Crippen LogP) is 4.36. The molecule has 1 atom stereocenters. The number of fused-ring (bicyclic) bond motifs is 1. The number of nitrogens with zero attached hydrogens (tertiary/aromatic N) is 8. The Kier molecular flexibility index (Phi) is 10.8. The maximum absolute atomic E-state index is 13.3. The third kappa shape index (κ3) is 7.86. The van der Waals surface area contributed by atoms with E-state index in [1.165, 1.54) is 12.4 Å². The normalized spacial score (nSPS) is 13.7. The summed E-state index contributed by atoms with van der Waals surface area (Å²) in [4.78, 5) is 34.9. The first kappa shape index (κ1) is 34.2. The van der Waals surface area contributed by atoms with Crippen molar-refractivity contribution in [1.29, 1.82) is 5.26 Å². The molecule has 4 aromatic rings. The lowest BCUT2D eigenvalue weighted by atomic mass is 10.1. The zero-order valence-electron chi connectivity index (χ0n) is 26.5. The first-order valence-corrected chi connectivity index (χ1v) is 15.5. The second kappa shape index (κ2) is 15.2. The van der Waals surface area contributed by atoms with Gasteiger partial charge in [-0.2, -0.15) is 23.5 Å². The minimum Gasteiger partial charge on any atom is -0.394 e. The van der Waals surface area contributed by atoms with Crippen molar-refractivity contribution in [2.75, 3.05) is 54.6 Å². The molecular formula is C32H35F3N10O3. The first-order valence-electron chi connectivity index (χ1n) is 15.5. The quantitative estimate of drug-likeness (QED) is 0.164. The van der Waals surface area contributed by atoms with Crippen molar-refractivity contribution >= 4 is 23.2 Å². The largest absolute Gasteiger partial charge is 0.417 e. The summed E-state index contributed by atoms with van der Waals surface area (Å²) in [5.41, 5.74) is 1.35. The Hall–Kier alpha value is -5.14. The SMILES string of the molecule is CCN1C(=O)CN(CCCCCOCC(CO)Nc2ccc(C#N)c(C(F)(F)F)c2)c2ncc(-c3ccc(-c4nc[nH]n4)nc3C)nc21. The lowest BCUT2D eigenvalue weighted by Gasteiger charge is -2.35. The zero-order chi connectivity index (χ0) is 34.3. The lowest BCUT2D eigenvalue weighted by molar-refractivity contribution is -0.137. The van der Waals surface area contributed by atoms with Gasteiger partial charge in [0.1, 0.15) is 12.0 Å². The molecule has 1 aliphatic rings. The van der Waals surface area contributed by atoms with Gasteiger partial charge in [-0.05, 0) is 63.4 Å². The number of carbonyl (C=O) groups is 1. The molecule has 0 bridgehead atoms. The Balaban J connectivity index is 1.13. The van der Waals surface area contributed by atoms with E-state index in [1.807, 2.05) is 30.9 Å². The molecule has 3 aromatic heterocycles. The number of carbonyl (C=O) groups excluding carboxylic acids is 1. The highest BCUT2D eigenvalue weighted by molar-refractivity contribution is 6.01. The fourth-order valence-corrected chi connectivity index (χ4v) is 5.40. The number of hydrogen-bond donors (Lipinski definition) is 3. The van der Waals surface area contributed by atoms with Gasteiger partial charge in [0.05, 0.1) is 54.9 Å². The number of nitrogens with one attached hydrogen (secondary N) is 2. The number of aliphatic hydroxyl groups excluding tert-OH is 1. The van der Waals surface area contributed by atoms with E-state index in [9.17, 15) is 23.1 Å². The van der Waals surface area contributed by atoms with Crippen LogP contribution in [-0.4, -0.2) is 86.6 Å². The highest BCUT2D eigenvalue weighted by atomic mass is 19.4. The molecular weight excluding hydrogens is 629 g/mol. The van der Waals surface area contributed by atoms with Gasteiger partial charge in [-0.1, -0.05) is 0 Å². The Bertz CT molecular complexity index is 1760. The first-order chi connectivity index (χ1) is 23.1. The van der Waals surface area contributed by atoms with E-state index >= 15 is 0 Å². The van der Waals surface area contributed by atoms with Gasteiger partial charge in [0, 0.05) is 36.6 Å². The van der Waals surface area contributed by atoms with Crippen LogP contribution in [0.1, 0.15) is 43.0 Å². The second-order valence-electron chi connectivity index (χ2n) is 11.1. The molecule has 1 unspecified atom stereocenters. The standard InChI is InChI=1S/C32H35F3N10O3/c1-3-45-28(47)16-44(30-31(45)42-27(15-37-30)24-9-10-26(40-20(24)2)29-38-19-39-43-29)11-5-4-6-12-48-18-23(17-46)41-22-8-7-21(14-36)25(13-22)32(33,34)35/h7-10,13,15,19,23,41,46H,3-6,11-12,16-18H2,1-2H3,(H,38,39,43). The molecule has 3 N–H and O–H groups in total. The van der Waals surface area contributed by atoms with Crippen LogP contribution in [0.3, 0.4) is 0 Å². The number of rotatable bonds is 14. The summed E-state index contributed by atoms with van der Waals surface area (Å²) in [5.74, 6) is 1.55. The molecule has 48 heavy (non-hydrogen) atoms. The summed E-state index contributed by atoms with van der Waals surface area (Å²) in [7, 11) is 0. The van der Waals surface area contributed by atoms with Crippen LogP contribution in [0.15, 0.2) is 42.9 Å². The fraction of sp³-hybridized carbons (Fsp3) is 0.406. The van der Waals surface area contributed by atoms with E-state index in [1.54, 1.807) is 17.2 Å². The van der Waals surface area contributed by atoms with E-state index in [-0.39, 0.29) is 31.4 Å². The molecule has 0 saturated carbocycles. The molecule has 0 aliphatic carbocycles. The summed E-state index contributed by atoms with van der Waals surface area (Å²) in [6, 6.07) is 7.93. The number of aromatic amines is 1. The molecule has 0 spiro atoms. The van der Waals surface area contributed by atoms with Gasteiger partial charge in [0.25, 0.3) is 0 Å². The minimum atomic E-state index is -4.67. The van der Waals surface area contributed by atoms with Crippen molar-refractivity contribution < 1.29 is 27.8 Å². The number of hydrogen-bond acceptors (Lipinski definition) is 11. The Labute approximate surface area is 274 Å². The average Bonchev–Trinajstić information content (AvgIpc) is 3.62. The predicted molar refractivity (Wildman–Crippen MR) is 171 cm³/mol. The summed E-state index contributed by atoms with van der Waals surface area (Å²) >= 11 is 0. The topological polar surface area (TPSA) is 169 Å². The summed E-state index contributed by atoms with van der Waals surface area (Å²) in [5, 5.41) is 28.3. The number of nitriles is 1. The smallest absolute Gasteiger partial charge is 0.394 e. The number of aryl methyl sites for hydroxylation is 1. The molecule has 1 aliphatic heterocycles. The van der Waals surface area contributed by atoms with Crippen molar-refractivity contribution in [3.63, 3.8) is 0 Å². The molecule has 1 amide bonds. The van der Waals surface area contributed by atoms with Crippen molar-refractivity contribution in [2.24, 2.45) is 0 Å². The third-order valence-corrected chi connectivity index (χ3v) is 7.81. The molecule has 0 saturated heterocycles. The number of ether oxygens (including phenoxy) is 1. The van der Waals surface area contributed by atoms with Crippen molar-refractivity contribution in [3.05, 3.63) is 59.7 Å². The van der Waals surface area contributed by atoms with Gasteiger partial charge in [0.2, 0.25) is 5.91 Å². The summed E-state index contributed by atoms with van der Waals surface area (Å²) in [6.45, 7) is 5.08. The summed E-state index contributed by atoms with van der Waals surface area (Å²) < 4.78 is 45.5. The van der Waals surface area contributed by atoms with Gasteiger partial charge in [-0.15, -0.1) is 0 Å². The van der Waals surface area contributed by atoms with E-state index in [0.717, 1.165) is 36.2 Å². The monoisotopic (exact) mass is 664 g/mol. The lowest BCUT2D eigenvalue weighted by Crippen LogP contribution is -2.47. The van der Waals surface area contributed by atoms with Crippen LogP contribution in [0.5, 0.6) is 0 Å². The number of aromatic nitrogens is 6. The molecule has 0 fully saturated rings. The number of benzene rings is 1. The van der Waals surface area contributed by atoms with Gasteiger partial charge in [0.15, 0.2) is 17.5 Å². The van der Waals surface area contributed by atoms with Crippen LogP contribution in [0.25, 0.3) is 22.8 Å². The van der Waals surface area contributed by atoms with E-state index in [2.05, 4.69) is 25.5 Å². The molecule has 252 valence electrons. The highest BCUT2D eigenvalue weighted by Crippen LogP contribution is 2.35. The van der Waals surface area contributed by atoms with Crippen LogP contribution in [0, 0.1) is 18.3 Å². The van der Waals surface area contributed by atoms with Crippen LogP contribution in [0.4, 0.5) is 30.5 Å². The summed E-state index contributed by atoms with van der Waals surface area (Å²) in [6.07, 6.45) is 0.738. The number of likely N-dealkylation sites (N-methyl/N-ethyl adjacent to an activating group) is 1. The number of unbranched alkanes of at least 4 members (excludes halogenated alkanes) is 2. The van der Waals surface area contributed by atoms with Crippen LogP contribution < -0.4 is 15.1 Å². The Morgan fingerprint density at radius 2 is 1.96 bits per heavy atom. The minimum absolute atomic E-state index is 0.0678. The van der Waals surface area contributed by atoms with Crippen LogP contribution in [0.2, 0.25) is 0 Å². The third-order valence-electron chi connectivity index (χ3n) is 7.81. The van der Waals surface area contributed by atoms with E-state index in [4.69, 9.17) is 20.0 Å². The number of aliphatic hydroxyl groups is 1. The zero-order valence-corrected chi connectivity index (χ0v) is 26.5. The molecule has 16 heteroatoms. The molecule has 5 rings (SSSR count). The average molecular weight is 665 g/mol. The van der Waals surface area contributed by atoms with Crippen molar-refractivity contribution in [3.8, 4) is 28.8 Å². The van der Waals surface area contributed by atoms with Gasteiger partial charge < -0.3 is 20.1 Å². The number of alkyl halides is 3. The molecule has 4 heterocycles. The van der Waals surface area contributed by atoms with E-state index < -0.39 is 23.3 Å². The van der Waals surface area contributed by atoms with Gasteiger partial charge >= 0.3 is 6.18 Å². The highest BCUT2D eigenvalue weighted by Gasteiger charge is 2.34. The molecule has 1 aromatic carbocycles. The van der Waals surface area contributed by atoms with E-state index in [0.29, 0.717) is 55.0 Å². The molecule has 0 radical (unpaired) electrons. The number of amides is 1. The van der Waals surface area contributed by atoms with Gasteiger partial charge in [-0.25, -0.2) is 19.9 Å². The Morgan fingerprint density at radius 1 is 1.12 bits per heavy atom. The number of H-pyrrole nitrogens is 1. The Morgan fingerprint density at radius 3 is 2.65 bits per heavy atom. The maximum Gasteiger partial charge on any atom is 0.417 e. The van der Waals surface area contributed by atoms with Crippen LogP contribution >= 0.6 is 0 Å². The fourth-order valence-electron chi connectivity index (χ4n) is 5.40. The second-order valence-corrected chi connectivity index (χ2v) is 11.1. The molecule has 13 nitrogen and oxygen atoms in total. The van der Waals surface area contributed by atoms with Gasteiger partial charge in [-0.3, -0.25) is 14.8 Å². The van der Waals surface area contributed by atoms with Crippen molar-refractivity contribution in [2.45, 2.75) is 45.3 Å². The number of anilines is 3. The van der Waals surface area contributed by atoms with Crippen molar-refractivity contribution in [1.82, 2.24) is 30.1 Å². The number of halogens is 3. The van der Waals surface area contributed by atoms with Crippen LogP contribution in [-0.2, 0) is 15.7 Å². The maximum atomic E-state index is 13.3.